The first-order chi connectivity index (χ1) is 6.91. The first-order valence-corrected chi connectivity index (χ1v) is 7.07. The molecule has 0 saturated heterocycles. The standard InChI is InChI=1S/C10H20O4P/c1-8(2)13-15(11,14-9(3)4)7-12-10-5-6-10/h8-9H,5-7H2,1-4H3. The second-order valence-electron chi connectivity index (χ2n) is 4.23. The van der Waals surface area contributed by atoms with Crippen molar-refractivity contribution in [2.24, 2.45) is 0 Å². The van der Waals surface area contributed by atoms with E-state index in [1.165, 1.54) is 0 Å². The Morgan fingerprint density at radius 1 is 1.13 bits per heavy atom. The topological polar surface area (TPSA) is 44.8 Å². The Morgan fingerprint density at radius 2 is 1.60 bits per heavy atom. The zero-order valence-corrected chi connectivity index (χ0v) is 10.8. The van der Waals surface area contributed by atoms with Crippen LogP contribution < -0.4 is 0 Å². The van der Waals surface area contributed by atoms with Crippen molar-refractivity contribution in [3.63, 3.8) is 0 Å². The van der Waals surface area contributed by atoms with Gasteiger partial charge < -0.3 is 13.8 Å². The summed E-state index contributed by atoms with van der Waals surface area (Å²) in [5.41, 5.74) is 0. The average Bonchev–Trinajstić information content (AvgIpc) is 2.79. The van der Waals surface area contributed by atoms with E-state index in [-0.39, 0.29) is 18.6 Å². The van der Waals surface area contributed by atoms with E-state index < -0.39 is 7.60 Å². The molecule has 4 nitrogen and oxygen atoms in total. The summed E-state index contributed by atoms with van der Waals surface area (Å²) in [6, 6.07) is 0. The lowest BCUT2D eigenvalue weighted by Gasteiger charge is -2.22. The fraction of sp³-hybridized carbons (Fsp3) is 0.900. The van der Waals surface area contributed by atoms with Crippen LogP contribution in [0.5, 0.6) is 0 Å². The van der Waals surface area contributed by atoms with Crippen LogP contribution in [0.25, 0.3) is 0 Å². The molecule has 5 heteroatoms. The Balaban J connectivity index is 2.44. The molecule has 1 saturated carbocycles. The molecule has 0 bridgehead atoms. The van der Waals surface area contributed by atoms with E-state index in [1.807, 2.05) is 27.7 Å². The summed E-state index contributed by atoms with van der Waals surface area (Å²) in [4.78, 5) is 0. The second kappa shape index (κ2) is 5.44. The van der Waals surface area contributed by atoms with Crippen LogP contribution in [-0.4, -0.2) is 18.6 Å². The van der Waals surface area contributed by atoms with E-state index in [9.17, 15) is 4.57 Å². The largest absolute Gasteiger partial charge is 0.359 e. The van der Waals surface area contributed by atoms with Crippen LogP contribution >= 0.6 is 7.60 Å². The third-order valence-corrected chi connectivity index (χ3v) is 3.55. The fourth-order valence-corrected chi connectivity index (χ4v) is 2.89. The van der Waals surface area contributed by atoms with Gasteiger partial charge in [0.1, 0.15) is 6.35 Å². The van der Waals surface area contributed by atoms with Gasteiger partial charge in [-0.3, -0.25) is 4.57 Å². The van der Waals surface area contributed by atoms with Crippen LogP contribution in [0.3, 0.4) is 0 Å². The van der Waals surface area contributed by atoms with Gasteiger partial charge in [0.05, 0.1) is 18.3 Å². The SMILES string of the molecule is CC(C)OP(=O)(CO[C]1CC1)OC(C)C. The van der Waals surface area contributed by atoms with Gasteiger partial charge in [-0.15, -0.1) is 0 Å². The van der Waals surface area contributed by atoms with E-state index in [2.05, 4.69) is 0 Å². The number of hydrogen-bond donors (Lipinski definition) is 0. The van der Waals surface area contributed by atoms with Crippen molar-refractivity contribution >= 4 is 7.60 Å². The summed E-state index contributed by atoms with van der Waals surface area (Å²) in [7, 11) is -3.09. The van der Waals surface area contributed by atoms with E-state index in [0.29, 0.717) is 0 Å². The summed E-state index contributed by atoms with van der Waals surface area (Å²) >= 11 is 0. The second-order valence-corrected chi connectivity index (χ2v) is 6.13. The minimum atomic E-state index is -3.09. The molecule has 1 rings (SSSR count). The lowest BCUT2D eigenvalue weighted by atomic mass is 10.5. The van der Waals surface area contributed by atoms with Gasteiger partial charge in [0.15, 0.2) is 0 Å². The molecule has 0 aromatic heterocycles. The summed E-state index contributed by atoms with van der Waals surface area (Å²) in [6.07, 6.45) is 2.74. The Hall–Kier alpha value is 0.110. The third kappa shape index (κ3) is 5.67. The molecule has 1 aliphatic carbocycles. The molecular formula is C10H20O4P. The predicted octanol–water partition coefficient (Wildman–Crippen LogP) is 3.33. The maximum Gasteiger partial charge on any atom is 0.356 e. The molecule has 0 heterocycles. The van der Waals surface area contributed by atoms with Crippen molar-refractivity contribution < 1.29 is 18.3 Å². The molecule has 1 aliphatic rings. The molecule has 0 atom stereocenters. The van der Waals surface area contributed by atoms with Gasteiger partial charge >= 0.3 is 7.60 Å². The third-order valence-electron chi connectivity index (χ3n) is 1.62. The molecule has 0 aromatic rings. The highest BCUT2D eigenvalue weighted by Gasteiger charge is 2.33. The van der Waals surface area contributed by atoms with Gasteiger partial charge in [0, 0.05) is 0 Å². The van der Waals surface area contributed by atoms with Gasteiger partial charge in [-0.1, -0.05) is 0 Å². The molecule has 1 radical (unpaired) electrons. The lowest BCUT2D eigenvalue weighted by molar-refractivity contribution is 0.113. The summed E-state index contributed by atoms with van der Waals surface area (Å²) in [5.74, 6) is 0. The maximum absolute atomic E-state index is 12.2. The zero-order chi connectivity index (χ0) is 11.5. The van der Waals surface area contributed by atoms with Crippen LogP contribution in [0.2, 0.25) is 0 Å². The normalized spacial score (nSPS) is 17.7. The first kappa shape index (κ1) is 13.2. The lowest BCUT2D eigenvalue weighted by Crippen LogP contribution is -2.11. The molecule has 0 spiro atoms. The summed E-state index contributed by atoms with van der Waals surface area (Å²) in [6.45, 7) is 7.34. The number of rotatable bonds is 7. The summed E-state index contributed by atoms with van der Waals surface area (Å²) < 4.78 is 28.2. The molecular weight excluding hydrogens is 215 g/mol. The molecule has 0 aromatic carbocycles. The van der Waals surface area contributed by atoms with Crippen LogP contribution in [0.1, 0.15) is 40.5 Å². The van der Waals surface area contributed by atoms with Crippen LogP contribution in [0, 0.1) is 6.10 Å². The first-order valence-electron chi connectivity index (χ1n) is 5.34. The van der Waals surface area contributed by atoms with Crippen molar-refractivity contribution in [3.05, 3.63) is 6.10 Å². The quantitative estimate of drug-likeness (QED) is 0.635. The van der Waals surface area contributed by atoms with E-state index in [4.69, 9.17) is 13.8 Å². The van der Waals surface area contributed by atoms with Crippen molar-refractivity contribution in [2.45, 2.75) is 52.7 Å². The van der Waals surface area contributed by atoms with Crippen molar-refractivity contribution in [1.29, 1.82) is 0 Å². The van der Waals surface area contributed by atoms with Gasteiger partial charge in [-0.25, -0.2) is 0 Å². The zero-order valence-electron chi connectivity index (χ0n) is 9.86. The van der Waals surface area contributed by atoms with Crippen molar-refractivity contribution in [1.82, 2.24) is 0 Å². The smallest absolute Gasteiger partial charge is 0.356 e. The van der Waals surface area contributed by atoms with E-state index in [1.54, 1.807) is 0 Å². The van der Waals surface area contributed by atoms with E-state index in [0.717, 1.165) is 18.9 Å². The van der Waals surface area contributed by atoms with Gasteiger partial charge in [-0.05, 0) is 40.5 Å². The van der Waals surface area contributed by atoms with Gasteiger partial charge in [-0.2, -0.15) is 0 Å². The molecule has 0 unspecified atom stereocenters. The van der Waals surface area contributed by atoms with Crippen molar-refractivity contribution in [2.75, 3.05) is 6.35 Å². The monoisotopic (exact) mass is 235 g/mol. The predicted molar refractivity (Wildman–Crippen MR) is 58.5 cm³/mol. The Bertz CT molecular complexity index is 222. The maximum atomic E-state index is 12.2. The molecule has 0 amide bonds. The van der Waals surface area contributed by atoms with E-state index >= 15 is 0 Å². The van der Waals surface area contributed by atoms with Gasteiger partial charge in [0.2, 0.25) is 0 Å². The Morgan fingerprint density at radius 3 is 1.93 bits per heavy atom. The summed E-state index contributed by atoms with van der Waals surface area (Å²) in [5, 5.41) is 0. The van der Waals surface area contributed by atoms with Gasteiger partial charge in [0.25, 0.3) is 0 Å². The van der Waals surface area contributed by atoms with Crippen molar-refractivity contribution in [3.8, 4) is 0 Å². The molecule has 89 valence electrons. The molecule has 1 fully saturated rings. The fourth-order valence-electron chi connectivity index (χ4n) is 1.09. The highest BCUT2D eigenvalue weighted by atomic mass is 31.2. The highest BCUT2D eigenvalue weighted by Crippen LogP contribution is 2.52. The number of hydrogen-bond acceptors (Lipinski definition) is 4. The highest BCUT2D eigenvalue weighted by molar-refractivity contribution is 7.53. The Kier molecular flexibility index (Phi) is 4.78. The molecule has 0 N–H and O–H groups in total. The average molecular weight is 235 g/mol. The Labute approximate surface area is 91.8 Å². The molecule has 15 heavy (non-hydrogen) atoms. The number of ether oxygens (including phenoxy) is 1. The van der Waals surface area contributed by atoms with Crippen LogP contribution in [-0.2, 0) is 18.3 Å². The van der Waals surface area contributed by atoms with Crippen LogP contribution in [0.15, 0.2) is 0 Å². The minimum absolute atomic E-state index is 0.0404. The molecule has 0 aliphatic heterocycles. The van der Waals surface area contributed by atoms with Crippen LogP contribution in [0.4, 0.5) is 0 Å². The minimum Gasteiger partial charge on any atom is -0.359 e.